The smallest absolute Gasteiger partial charge is 0.247 e. The van der Waals surface area contributed by atoms with Crippen molar-refractivity contribution in [3.05, 3.63) is 34.4 Å². The van der Waals surface area contributed by atoms with Gasteiger partial charge in [0.05, 0.1) is 16.9 Å². The molecular weight excluding hydrogens is 333 g/mol. The van der Waals surface area contributed by atoms with E-state index in [1.807, 2.05) is 0 Å². The molecule has 1 aromatic heterocycles. The van der Waals surface area contributed by atoms with Gasteiger partial charge in [0.25, 0.3) is 0 Å². The number of halogens is 2. The van der Waals surface area contributed by atoms with E-state index in [2.05, 4.69) is 32.3 Å². The number of aromatic nitrogens is 3. The van der Waals surface area contributed by atoms with Gasteiger partial charge in [0.2, 0.25) is 5.95 Å². The maximum atomic E-state index is 6.18. The molecule has 0 amide bonds. The zero-order chi connectivity index (χ0) is 16.2. The maximum absolute atomic E-state index is 6.18. The summed E-state index contributed by atoms with van der Waals surface area (Å²) in [6, 6.07) is 5.75. The van der Waals surface area contributed by atoms with Crippen LogP contribution in [0.4, 0.5) is 17.5 Å². The Bertz CT molecular complexity index is 679. The third-order valence-electron chi connectivity index (χ3n) is 4.09. The van der Waals surface area contributed by atoms with Crippen LogP contribution in [-0.4, -0.2) is 27.8 Å². The van der Waals surface area contributed by atoms with Gasteiger partial charge in [-0.25, -0.2) is 0 Å². The minimum Gasteiger partial charge on any atom is -0.338 e. The van der Waals surface area contributed by atoms with Crippen LogP contribution in [-0.2, 0) is 0 Å². The van der Waals surface area contributed by atoms with E-state index in [9.17, 15) is 0 Å². The van der Waals surface area contributed by atoms with E-state index in [0.29, 0.717) is 33.5 Å². The second kappa shape index (κ2) is 7.32. The van der Waals surface area contributed by atoms with E-state index in [4.69, 9.17) is 23.2 Å². The molecule has 2 heterocycles. The molecule has 3 rings (SSSR count). The number of hydrogen-bond acceptors (Lipinski definition) is 5. The summed E-state index contributed by atoms with van der Waals surface area (Å²) in [5.74, 6) is 1.28. The largest absolute Gasteiger partial charge is 0.338 e. The monoisotopic (exact) mass is 351 g/mol. The van der Waals surface area contributed by atoms with Gasteiger partial charge in [-0.2, -0.15) is 10.1 Å². The molecule has 0 spiro atoms. The average molecular weight is 352 g/mol. The quantitative estimate of drug-likeness (QED) is 0.865. The number of benzene rings is 1. The molecule has 7 heteroatoms. The van der Waals surface area contributed by atoms with Gasteiger partial charge in [-0.05, 0) is 43.9 Å². The van der Waals surface area contributed by atoms with Crippen molar-refractivity contribution in [1.29, 1.82) is 0 Å². The highest BCUT2D eigenvalue weighted by atomic mass is 35.5. The predicted octanol–water partition coefficient (Wildman–Crippen LogP) is 4.69. The van der Waals surface area contributed by atoms with E-state index < -0.39 is 0 Å². The number of anilines is 3. The molecule has 0 saturated carbocycles. The number of nitrogens with zero attached hydrogens (tertiary/aromatic N) is 4. The first-order valence-corrected chi connectivity index (χ1v) is 8.61. The molecule has 1 saturated heterocycles. The summed E-state index contributed by atoms with van der Waals surface area (Å²) in [6.45, 7) is 3.17. The Hall–Kier alpha value is -1.59. The lowest BCUT2D eigenvalue weighted by Gasteiger charge is -2.34. The molecule has 23 heavy (non-hydrogen) atoms. The number of piperidine rings is 1. The van der Waals surface area contributed by atoms with Crippen LogP contribution in [0.5, 0.6) is 0 Å². The highest BCUT2D eigenvalue weighted by molar-refractivity contribution is 6.35. The van der Waals surface area contributed by atoms with Gasteiger partial charge in [-0.1, -0.05) is 30.1 Å². The van der Waals surface area contributed by atoms with Crippen LogP contribution in [0.1, 0.15) is 32.6 Å². The molecule has 0 bridgehead atoms. The molecule has 0 radical (unpaired) electrons. The van der Waals surface area contributed by atoms with Gasteiger partial charge in [0.15, 0.2) is 5.82 Å². The minimum atomic E-state index is 0.482. The first kappa shape index (κ1) is 16.3. The van der Waals surface area contributed by atoms with Crippen molar-refractivity contribution in [2.45, 2.75) is 38.6 Å². The van der Waals surface area contributed by atoms with Crippen LogP contribution in [0.15, 0.2) is 24.4 Å². The lowest BCUT2D eigenvalue weighted by atomic mass is 10.0. The molecule has 1 N–H and O–H groups in total. The summed E-state index contributed by atoms with van der Waals surface area (Å²) in [6.07, 6.45) is 6.28. The SMILES string of the molecule is CCC1CCCCN1c1nncc(Nc2cc(Cl)ccc2Cl)n1. The van der Waals surface area contributed by atoms with Gasteiger partial charge < -0.3 is 10.2 Å². The van der Waals surface area contributed by atoms with Gasteiger partial charge >= 0.3 is 0 Å². The predicted molar refractivity (Wildman–Crippen MR) is 94.8 cm³/mol. The normalized spacial score (nSPS) is 18.0. The highest BCUT2D eigenvalue weighted by Crippen LogP contribution is 2.29. The van der Waals surface area contributed by atoms with Crippen molar-refractivity contribution >= 4 is 40.7 Å². The Labute approximate surface area is 146 Å². The zero-order valence-electron chi connectivity index (χ0n) is 13.0. The van der Waals surface area contributed by atoms with Gasteiger partial charge in [0, 0.05) is 17.6 Å². The summed E-state index contributed by atoms with van der Waals surface area (Å²) in [5, 5.41) is 12.7. The fourth-order valence-electron chi connectivity index (χ4n) is 2.90. The van der Waals surface area contributed by atoms with Crippen LogP contribution < -0.4 is 10.2 Å². The van der Waals surface area contributed by atoms with Crippen LogP contribution in [0.2, 0.25) is 10.0 Å². The molecule has 1 aliphatic rings. The lowest BCUT2D eigenvalue weighted by Crippen LogP contribution is -2.40. The Morgan fingerprint density at radius 2 is 2.17 bits per heavy atom. The standard InChI is InChI=1S/C16H19Cl2N5/c1-2-12-5-3-4-8-23(12)16-21-15(10-19-22-16)20-14-9-11(17)6-7-13(14)18/h6-7,9-10,12H,2-5,8H2,1H3,(H,20,21,22). The number of rotatable bonds is 4. The van der Waals surface area contributed by atoms with Gasteiger partial charge in [-0.3, -0.25) is 0 Å². The first-order valence-electron chi connectivity index (χ1n) is 7.86. The Kier molecular flexibility index (Phi) is 5.18. The summed E-state index contributed by atoms with van der Waals surface area (Å²) in [5.41, 5.74) is 0.705. The molecule has 1 aromatic carbocycles. The van der Waals surface area contributed by atoms with Gasteiger partial charge in [-0.15, -0.1) is 5.10 Å². The molecule has 5 nitrogen and oxygen atoms in total. The maximum Gasteiger partial charge on any atom is 0.247 e. The highest BCUT2D eigenvalue weighted by Gasteiger charge is 2.23. The third-order valence-corrected chi connectivity index (χ3v) is 4.66. The van der Waals surface area contributed by atoms with Crippen LogP contribution in [0.3, 0.4) is 0 Å². The third kappa shape index (κ3) is 3.85. The molecule has 1 aliphatic heterocycles. The van der Waals surface area contributed by atoms with Crippen LogP contribution in [0.25, 0.3) is 0 Å². The van der Waals surface area contributed by atoms with Crippen LogP contribution >= 0.6 is 23.2 Å². The Balaban J connectivity index is 1.83. The molecule has 1 atom stereocenters. The minimum absolute atomic E-state index is 0.482. The fraction of sp³-hybridized carbons (Fsp3) is 0.438. The number of hydrogen-bond donors (Lipinski definition) is 1. The van der Waals surface area contributed by atoms with Crippen molar-refractivity contribution in [3.8, 4) is 0 Å². The summed E-state index contributed by atoms with van der Waals surface area (Å²) < 4.78 is 0. The Morgan fingerprint density at radius 1 is 1.30 bits per heavy atom. The van der Waals surface area contributed by atoms with E-state index in [0.717, 1.165) is 19.4 Å². The van der Waals surface area contributed by atoms with E-state index in [-0.39, 0.29) is 0 Å². The first-order chi connectivity index (χ1) is 11.2. The summed E-state index contributed by atoms with van der Waals surface area (Å²) in [7, 11) is 0. The molecule has 1 fully saturated rings. The van der Waals surface area contributed by atoms with Crippen molar-refractivity contribution in [2.24, 2.45) is 0 Å². The Morgan fingerprint density at radius 3 is 3.00 bits per heavy atom. The van der Waals surface area contributed by atoms with Crippen molar-refractivity contribution in [1.82, 2.24) is 15.2 Å². The molecule has 1 unspecified atom stereocenters. The molecule has 122 valence electrons. The van der Waals surface area contributed by atoms with Crippen molar-refractivity contribution < 1.29 is 0 Å². The van der Waals surface area contributed by atoms with E-state index in [1.165, 1.54) is 12.8 Å². The number of nitrogens with one attached hydrogen (secondary N) is 1. The second-order valence-corrected chi connectivity index (χ2v) is 6.49. The lowest BCUT2D eigenvalue weighted by molar-refractivity contribution is 0.442. The zero-order valence-corrected chi connectivity index (χ0v) is 14.5. The topological polar surface area (TPSA) is 53.9 Å². The van der Waals surface area contributed by atoms with Gasteiger partial charge in [0.1, 0.15) is 0 Å². The fourth-order valence-corrected chi connectivity index (χ4v) is 3.23. The van der Waals surface area contributed by atoms with Crippen molar-refractivity contribution in [2.75, 3.05) is 16.8 Å². The molecule has 0 aliphatic carbocycles. The summed E-state index contributed by atoms with van der Waals surface area (Å²) >= 11 is 12.2. The van der Waals surface area contributed by atoms with Crippen LogP contribution in [0, 0.1) is 0 Å². The van der Waals surface area contributed by atoms with E-state index >= 15 is 0 Å². The molecule has 2 aromatic rings. The molecular formula is C16H19Cl2N5. The van der Waals surface area contributed by atoms with E-state index in [1.54, 1.807) is 24.4 Å². The average Bonchev–Trinajstić information content (AvgIpc) is 2.58. The summed E-state index contributed by atoms with van der Waals surface area (Å²) in [4.78, 5) is 6.85. The second-order valence-electron chi connectivity index (χ2n) is 5.64. The van der Waals surface area contributed by atoms with Crippen molar-refractivity contribution in [3.63, 3.8) is 0 Å².